The van der Waals surface area contributed by atoms with E-state index >= 15 is 0 Å². The standard InChI is InChI=1S/C14H18N4O3/c1-18-14(12(19-2)8-16-18)13(17-15)9-3-4-10-11(7-9)21-6-5-20-10/h3-4,7-8,13,17H,5-6,15H2,1-2H3. The molecular formula is C14H18N4O3. The molecule has 0 spiro atoms. The summed E-state index contributed by atoms with van der Waals surface area (Å²) in [4.78, 5) is 0. The van der Waals surface area contributed by atoms with Crippen LogP contribution < -0.4 is 25.5 Å². The van der Waals surface area contributed by atoms with Crippen LogP contribution in [-0.2, 0) is 7.05 Å². The third kappa shape index (κ3) is 2.41. The maximum atomic E-state index is 5.75. The Labute approximate surface area is 122 Å². The van der Waals surface area contributed by atoms with Crippen molar-refractivity contribution in [2.75, 3.05) is 20.3 Å². The van der Waals surface area contributed by atoms with E-state index < -0.39 is 0 Å². The molecule has 0 aliphatic carbocycles. The summed E-state index contributed by atoms with van der Waals surface area (Å²) < 4.78 is 18.2. The lowest BCUT2D eigenvalue weighted by Gasteiger charge is -2.22. The van der Waals surface area contributed by atoms with E-state index in [1.807, 2.05) is 25.2 Å². The number of nitrogens with one attached hydrogen (secondary N) is 1. The highest BCUT2D eigenvalue weighted by Gasteiger charge is 2.23. The summed E-state index contributed by atoms with van der Waals surface area (Å²) in [5.74, 6) is 7.89. The molecule has 0 bridgehead atoms. The van der Waals surface area contributed by atoms with Gasteiger partial charge in [0.05, 0.1) is 19.3 Å². The number of nitrogens with zero attached hydrogens (tertiary/aromatic N) is 2. The first-order valence-electron chi connectivity index (χ1n) is 6.66. The number of benzene rings is 1. The Morgan fingerprint density at radius 3 is 2.81 bits per heavy atom. The molecule has 3 N–H and O–H groups in total. The molecule has 21 heavy (non-hydrogen) atoms. The molecule has 0 saturated heterocycles. The first kappa shape index (κ1) is 13.7. The first-order chi connectivity index (χ1) is 10.2. The van der Waals surface area contributed by atoms with E-state index in [0.717, 1.165) is 22.8 Å². The van der Waals surface area contributed by atoms with Crippen molar-refractivity contribution < 1.29 is 14.2 Å². The number of ether oxygens (including phenoxy) is 3. The zero-order valence-corrected chi connectivity index (χ0v) is 12.0. The zero-order valence-electron chi connectivity index (χ0n) is 12.0. The molecule has 2 heterocycles. The predicted octanol–water partition coefficient (Wildman–Crippen LogP) is 0.753. The fourth-order valence-corrected chi connectivity index (χ4v) is 2.49. The maximum Gasteiger partial charge on any atom is 0.161 e. The molecule has 1 aromatic heterocycles. The van der Waals surface area contributed by atoms with Crippen molar-refractivity contribution in [2.45, 2.75) is 6.04 Å². The third-order valence-corrected chi connectivity index (χ3v) is 3.51. The second-order valence-electron chi connectivity index (χ2n) is 4.72. The van der Waals surface area contributed by atoms with Gasteiger partial charge in [-0.15, -0.1) is 0 Å². The number of aromatic nitrogens is 2. The molecule has 1 aliphatic rings. The van der Waals surface area contributed by atoms with Crippen molar-refractivity contribution in [3.8, 4) is 17.2 Å². The van der Waals surface area contributed by atoms with Gasteiger partial charge in [0.15, 0.2) is 17.2 Å². The molecule has 3 rings (SSSR count). The van der Waals surface area contributed by atoms with Gasteiger partial charge < -0.3 is 14.2 Å². The van der Waals surface area contributed by atoms with E-state index in [2.05, 4.69) is 10.5 Å². The molecule has 1 atom stereocenters. The van der Waals surface area contributed by atoms with Crippen LogP contribution >= 0.6 is 0 Å². The average molecular weight is 290 g/mol. The van der Waals surface area contributed by atoms with Gasteiger partial charge in [0.1, 0.15) is 18.9 Å². The van der Waals surface area contributed by atoms with Crippen LogP contribution in [0.25, 0.3) is 0 Å². The number of hydrogen-bond acceptors (Lipinski definition) is 6. The SMILES string of the molecule is COc1cnn(C)c1C(NN)c1ccc2c(c1)OCCO2. The summed E-state index contributed by atoms with van der Waals surface area (Å²) in [5, 5.41) is 4.21. The summed E-state index contributed by atoms with van der Waals surface area (Å²) in [5.41, 5.74) is 4.60. The maximum absolute atomic E-state index is 5.75. The molecule has 0 saturated carbocycles. The Balaban J connectivity index is 2.02. The quantitative estimate of drug-likeness (QED) is 0.639. The molecule has 112 valence electrons. The van der Waals surface area contributed by atoms with Gasteiger partial charge in [-0.1, -0.05) is 6.07 Å². The van der Waals surface area contributed by atoms with Crippen molar-refractivity contribution in [1.29, 1.82) is 0 Å². The van der Waals surface area contributed by atoms with E-state index in [0.29, 0.717) is 19.0 Å². The topological polar surface area (TPSA) is 83.6 Å². The van der Waals surface area contributed by atoms with E-state index in [4.69, 9.17) is 20.1 Å². The van der Waals surface area contributed by atoms with Crippen molar-refractivity contribution in [1.82, 2.24) is 15.2 Å². The van der Waals surface area contributed by atoms with Gasteiger partial charge in [-0.3, -0.25) is 10.5 Å². The highest BCUT2D eigenvalue weighted by atomic mass is 16.6. The monoisotopic (exact) mass is 290 g/mol. The minimum absolute atomic E-state index is 0.261. The van der Waals surface area contributed by atoms with Crippen LogP contribution in [0.15, 0.2) is 24.4 Å². The van der Waals surface area contributed by atoms with Gasteiger partial charge >= 0.3 is 0 Å². The van der Waals surface area contributed by atoms with Crippen LogP contribution in [0.5, 0.6) is 17.2 Å². The van der Waals surface area contributed by atoms with E-state index in [9.17, 15) is 0 Å². The number of aryl methyl sites for hydroxylation is 1. The lowest BCUT2D eigenvalue weighted by Crippen LogP contribution is -2.31. The number of rotatable bonds is 4. The van der Waals surface area contributed by atoms with Gasteiger partial charge in [-0.25, -0.2) is 5.43 Å². The van der Waals surface area contributed by atoms with Crippen LogP contribution in [0.4, 0.5) is 0 Å². The normalized spacial score (nSPS) is 14.8. The molecule has 0 amide bonds. The highest BCUT2D eigenvalue weighted by Crippen LogP contribution is 2.35. The average Bonchev–Trinajstić information content (AvgIpc) is 2.89. The summed E-state index contributed by atoms with van der Waals surface area (Å²) in [7, 11) is 3.46. The minimum Gasteiger partial charge on any atom is -0.493 e. The van der Waals surface area contributed by atoms with Crippen molar-refractivity contribution in [3.63, 3.8) is 0 Å². The Hall–Kier alpha value is -2.25. The Morgan fingerprint density at radius 1 is 1.33 bits per heavy atom. The lowest BCUT2D eigenvalue weighted by atomic mass is 10.0. The number of fused-ring (bicyclic) bond motifs is 1. The van der Waals surface area contributed by atoms with Crippen LogP contribution in [-0.4, -0.2) is 30.1 Å². The Kier molecular flexibility index (Phi) is 3.68. The predicted molar refractivity (Wildman–Crippen MR) is 76.4 cm³/mol. The molecule has 1 aromatic carbocycles. The molecule has 1 aliphatic heterocycles. The van der Waals surface area contributed by atoms with Crippen LogP contribution in [0, 0.1) is 0 Å². The number of hydrogen-bond donors (Lipinski definition) is 2. The highest BCUT2D eigenvalue weighted by molar-refractivity contribution is 5.47. The molecule has 7 heteroatoms. The van der Waals surface area contributed by atoms with Crippen molar-refractivity contribution in [2.24, 2.45) is 12.9 Å². The summed E-state index contributed by atoms with van der Waals surface area (Å²) in [6, 6.07) is 5.50. The fourth-order valence-electron chi connectivity index (χ4n) is 2.49. The van der Waals surface area contributed by atoms with Crippen LogP contribution in [0.3, 0.4) is 0 Å². The van der Waals surface area contributed by atoms with Crippen molar-refractivity contribution in [3.05, 3.63) is 35.7 Å². The molecule has 1 unspecified atom stereocenters. The number of hydrazine groups is 1. The Bertz CT molecular complexity index is 641. The smallest absolute Gasteiger partial charge is 0.161 e. The Morgan fingerprint density at radius 2 is 2.10 bits per heavy atom. The summed E-state index contributed by atoms with van der Waals surface area (Å²) in [6.45, 7) is 1.12. The molecule has 0 fully saturated rings. The van der Waals surface area contributed by atoms with Crippen LogP contribution in [0.1, 0.15) is 17.3 Å². The summed E-state index contributed by atoms with van der Waals surface area (Å²) >= 11 is 0. The van der Waals surface area contributed by atoms with Gasteiger partial charge in [-0.2, -0.15) is 5.10 Å². The molecular weight excluding hydrogens is 272 g/mol. The van der Waals surface area contributed by atoms with Gasteiger partial charge in [-0.05, 0) is 17.7 Å². The third-order valence-electron chi connectivity index (χ3n) is 3.51. The van der Waals surface area contributed by atoms with Gasteiger partial charge in [0, 0.05) is 7.05 Å². The second kappa shape index (κ2) is 5.63. The van der Waals surface area contributed by atoms with E-state index in [1.54, 1.807) is 18.0 Å². The summed E-state index contributed by atoms with van der Waals surface area (Å²) in [6.07, 6.45) is 1.66. The van der Waals surface area contributed by atoms with Gasteiger partial charge in [0.25, 0.3) is 0 Å². The fraction of sp³-hybridized carbons (Fsp3) is 0.357. The molecule has 2 aromatic rings. The van der Waals surface area contributed by atoms with Crippen LogP contribution in [0.2, 0.25) is 0 Å². The zero-order chi connectivity index (χ0) is 14.8. The van der Waals surface area contributed by atoms with E-state index in [-0.39, 0.29) is 6.04 Å². The largest absolute Gasteiger partial charge is 0.493 e. The molecule has 0 radical (unpaired) electrons. The van der Waals surface area contributed by atoms with Gasteiger partial charge in [0.2, 0.25) is 0 Å². The lowest BCUT2D eigenvalue weighted by molar-refractivity contribution is 0.171. The minimum atomic E-state index is -0.261. The van der Waals surface area contributed by atoms with E-state index in [1.165, 1.54) is 0 Å². The first-order valence-corrected chi connectivity index (χ1v) is 6.66. The molecule has 7 nitrogen and oxygen atoms in total. The second-order valence-corrected chi connectivity index (χ2v) is 4.72. The number of methoxy groups -OCH3 is 1. The number of nitrogens with two attached hydrogens (primary N) is 1. The van der Waals surface area contributed by atoms with Crippen molar-refractivity contribution >= 4 is 0 Å².